The van der Waals surface area contributed by atoms with Crippen molar-refractivity contribution in [2.75, 3.05) is 72.7 Å². The van der Waals surface area contributed by atoms with Crippen molar-refractivity contribution in [2.24, 2.45) is 5.92 Å². The highest BCUT2D eigenvalue weighted by Gasteiger charge is 1.98. The summed E-state index contributed by atoms with van der Waals surface area (Å²) in [6.07, 6.45) is 2.55. The van der Waals surface area contributed by atoms with Crippen LogP contribution in [0.3, 0.4) is 0 Å². The van der Waals surface area contributed by atoms with Gasteiger partial charge in [0, 0.05) is 6.61 Å². The van der Waals surface area contributed by atoms with Crippen LogP contribution >= 0.6 is 0 Å². The highest BCUT2D eigenvalue weighted by Crippen LogP contribution is 1.99. The summed E-state index contributed by atoms with van der Waals surface area (Å²) in [5.41, 5.74) is 0. The molecule has 1 unspecified atom stereocenters. The molecule has 1 atom stereocenters. The third-order valence-corrected chi connectivity index (χ3v) is 3.05. The minimum absolute atomic E-state index is 0.523. The van der Waals surface area contributed by atoms with Gasteiger partial charge in [-0.2, -0.15) is 0 Å². The summed E-state index contributed by atoms with van der Waals surface area (Å²) in [4.78, 5) is 0. The summed E-state index contributed by atoms with van der Waals surface area (Å²) in [6, 6.07) is 0. The summed E-state index contributed by atoms with van der Waals surface area (Å²) in [6.45, 7) is 14.3. The Morgan fingerprint density at radius 1 is 0.696 bits per heavy atom. The molecule has 0 aromatic rings. The zero-order chi connectivity index (χ0) is 17.0. The van der Waals surface area contributed by atoms with Crippen molar-refractivity contribution < 1.29 is 28.4 Å². The minimum Gasteiger partial charge on any atom is -0.499 e. The molecule has 0 aromatic heterocycles. The second kappa shape index (κ2) is 19.4. The predicted molar refractivity (Wildman–Crippen MR) is 89.7 cm³/mol. The molecule has 0 rings (SSSR count). The molecular weight excluding hydrogens is 300 g/mol. The van der Waals surface area contributed by atoms with Crippen molar-refractivity contribution in [1.82, 2.24) is 0 Å². The Balaban J connectivity index is 2.98. The summed E-state index contributed by atoms with van der Waals surface area (Å²) >= 11 is 0. The number of ether oxygens (including phenoxy) is 6. The zero-order valence-corrected chi connectivity index (χ0v) is 14.8. The van der Waals surface area contributed by atoms with Crippen molar-refractivity contribution in [3.8, 4) is 0 Å². The van der Waals surface area contributed by atoms with Gasteiger partial charge >= 0.3 is 0 Å². The Morgan fingerprint density at radius 2 is 1.09 bits per heavy atom. The van der Waals surface area contributed by atoms with E-state index >= 15 is 0 Å². The third kappa shape index (κ3) is 19.3. The minimum atomic E-state index is 0.523. The smallest absolute Gasteiger partial charge is 0.111 e. The van der Waals surface area contributed by atoms with E-state index in [0.29, 0.717) is 72.0 Å². The maximum atomic E-state index is 5.49. The van der Waals surface area contributed by atoms with Crippen LogP contribution < -0.4 is 0 Å². The van der Waals surface area contributed by atoms with E-state index < -0.39 is 0 Å². The van der Waals surface area contributed by atoms with E-state index in [1.54, 1.807) is 0 Å². The summed E-state index contributed by atoms with van der Waals surface area (Å²) in [5.74, 6) is 0.615. The topological polar surface area (TPSA) is 55.4 Å². The molecule has 0 aliphatic heterocycles. The largest absolute Gasteiger partial charge is 0.499 e. The van der Waals surface area contributed by atoms with Crippen LogP contribution in [0.2, 0.25) is 0 Å². The first-order valence-corrected chi connectivity index (χ1v) is 8.42. The van der Waals surface area contributed by atoms with Gasteiger partial charge in [-0.05, 0) is 5.92 Å². The van der Waals surface area contributed by atoms with Crippen molar-refractivity contribution >= 4 is 0 Å². The van der Waals surface area contributed by atoms with E-state index in [4.69, 9.17) is 28.4 Å². The lowest BCUT2D eigenvalue weighted by molar-refractivity contribution is -0.0154. The van der Waals surface area contributed by atoms with Gasteiger partial charge in [-0.1, -0.05) is 26.8 Å². The van der Waals surface area contributed by atoms with E-state index in [1.807, 2.05) is 0 Å². The van der Waals surface area contributed by atoms with Crippen LogP contribution in [0.25, 0.3) is 0 Å². The molecule has 0 saturated carbocycles. The molecule has 0 bridgehead atoms. The van der Waals surface area contributed by atoms with Gasteiger partial charge in [0.25, 0.3) is 0 Å². The van der Waals surface area contributed by atoms with Crippen LogP contribution in [0.15, 0.2) is 12.8 Å². The van der Waals surface area contributed by atoms with Crippen molar-refractivity contribution in [3.05, 3.63) is 12.8 Å². The molecular formula is C17H34O6. The van der Waals surface area contributed by atoms with Gasteiger partial charge in [-0.25, -0.2) is 0 Å². The first-order valence-electron chi connectivity index (χ1n) is 8.42. The van der Waals surface area contributed by atoms with Crippen LogP contribution in [0.1, 0.15) is 20.3 Å². The quantitative estimate of drug-likeness (QED) is 0.267. The van der Waals surface area contributed by atoms with Crippen LogP contribution in [0, 0.1) is 5.92 Å². The molecule has 0 aliphatic carbocycles. The molecule has 0 N–H and O–H groups in total. The molecule has 6 nitrogen and oxygen atoms in total. The van der Waals surface area contributed by atoms with E-state index in [1.165, 1.54) is 6.26 Å². The zero-order valence-electron chi connectivity index (χ0n) is 14.8. The molecule has 0 amide bonds. The first kappa shape index (κ1) is 22.3. The molecule has 0 aliphatic rings. The van der Waals surface area contributed by atoms with Gasteiger partial charge in [-0.15, -0.1) is 0 Å². The molecule has 6 heteroatoms. The molecule has 0 aromatic carbocycles. The van der Waals surface area contributed by atoms with Gasteiger partial charge < -0.3 is 28.4 Å². The van der Waals surface area contributed by atoms with Crippen LogP contribution in [0.5, 0.6) is 0 Å². The van der Waals surface area contributed by atoms with Crippen LogP contribution in [-0.4, -0.2) is 72.7 Å². The van der Waals surface area contributed by atoms with Gasteiger partial charge in [0.15, 0.2) is 0 Å². The SMILES string of the molecule is C=COCCOCCOCCOCCOCCOCC(C)CC. The molecule has 23 heavy (non-hydrogen) atoms. The fraction of sp³-hybridized carbons (Fsp3) is 0.882. The molecule has 0 heterocycles. The van der Waals surface area contributed by atoms with Crippen molar-refractivity contribution in [2.45, 2.75) is 20.3 Å². The van der Waals surface area contributed by atoms with Crippen LogP contribution in [-0.2, 0) is 28.4 Å². The van der Waals surface area contributed by atoms with Crippen molar-refractivity contribution in [1.29, 1.82) is 0 Å². The van der Waals surface area contributed by atoms with Gasteiger partial charge in [0.05, 0.1) is 65.7 Å². The maximum absolute atomic E-state index is 5.49. The standard InChI is InChI=1S/C17H34O6/c1-4-17(3)16-23-15-14-22-13-12-21-11-10-20-9-8-19-7-6-18-5-2/h5,17H,2,4,6-16H2,1,3H3. The number of hydrogen-bond acceptors (Lipinski definition) is 6. The Bertz CT molecular complexity index is 237. The summed E-state index contributed by atoms with van der Waals surface area (Å²) in [7, 11) is 0. The van der Waals surface area contributed by atoms with Gasteiger partial charge in [0.2, 0.25) is 0 Å². The fourth-order valence-corrected chi connectivity index (χ4v) is 1.47. The highest BCUT2D eigenvalue weighted by molar-refractivity contribution is 4.48. The van der Waals surface area contributed by atoms with Gasteiger partial charge in [-0.3, -0.25) is 0 Å². The number of hydrogen-bond donors (Lipinski definition) is 0. The highest BCUT2D eigenvalue weighted by atomic mass is 16.6. The van der Waals surface area contributed by atoms with E-state index in [-0.39, 0.29) is 0 Å². The van der Waals surface area contributed by atoms with E-state index in [2.05, 4.69) is 20.4 Å². The molecule has 0 spiro atoms. The lowest BCUT2D eigenvalue weighted by atomic mass is 10.1. The lowest BCUT2D eigenvalue weighted by Crippen LogP contribution is -2.14. The average Bonchev–Trinajstić information content (AvgIpc) is 2.57. The Morgan fingerprint density at radius 3 is 1.48 bits per heavy atom. The Kier molecular flexibility index (Phi) is 18.8. The van der Waals surface area contributed by atoms with Crippen LogP contribution in [0.4, 0.5) is 0 Å². The molecule has 0 fully saturated rings. The molecule has 0 radical (unpaired) electrons. The lowest BCUT2D eigenvalue weighted by Gasteiger charge is -2.10. The second-order valence-corrected chi connectivity index (χ2v) is 5.08. The maximum Gasteiger partial charge on any atom is 0.111 e. The molecule has 0 saturated heterocycles. The first-order chi connectivity index (χ1) is 11.3. The second-order valence-electron chi connectivity index (χ2n) is 5.08. The third-order valence-electron chi connectivity index (χ3n) is 3.05. The number of rotatable bonds is 19. The average molecular weight is 334 g/mol. The Hall–Kier alpha value is -0.660. The fourth-order valence-electron chi connectivity index (χ4n) is 1.47. The summed E-state index contributed by atoms with van der Waals surface area (Å²) in [5, 5.41) is 0. The summed E-state index contributed by atoms with van der Waals surface area (Å²) < 4.78 is 31.9. The Labute approximate surface area is 141 Å². The molecule has 138 valence electrons. The van der Waals surface area contributed by atoms with Crippen molar-refractivity contribution in [3.63, 3.8) is 0 Å². The van der Waals surface area contributed by atoms with Gasteiger partial charge in [0.1, 0.15) is 6.61 Å². The normalized spacial score (nSPS) is 12.3. The van der Waals surface area contributed by atoms with E-state index in [9.17, 15) is 0 Å². The monoisotopic (exact) mass is 334 g/mol. The van der Waals surface area contributed by atoms with E-state index in [0.717, 1.165) is 13.0 Å². The predicted octanol–water partition coefficient (Wildman–Crippen LogP) is 2.28.